The summed E-state index contributed by atoms with van der Waals surface area (Å²) in [7, 11) is 0. The smallest absolute Gasteiger partial charge is 0.0687 e. The Morgan fingerprint density at radius 2 is 2.20 bits per heavy atom. The van der Waals surface area contributed by atoms with Gasteiger partial charge in [-0.3, -0.25) is 0 Å². The maximum absolute atomic E-state index is 9.81. The molecule has 3 aliphatic rings. The fraction of sp³-hybridized carbons (Fsp3) is 0.778. The van der Waals surface area contributed by atoms with Crippen molar-refractivity contribution in [3.8, 4) is 0 Å². The van der Waals surface area contributed by atoms with Crippen LogP contribution in [0.2, 0.25) is 0 Å². The minimum Gasteiger partial charge on any atom is -0.390 e. The second kappa shape index (κ2) is 1.85. The van der Waals surface area contributed by atoms with Gasteiger partial charge in [0.25, 0.3) is 0 Å². The van der Waals surface area contributed by atoms with Crippen LogP contribution in [0.4, 0.5) is 0 Å². The van der Waals surface area contributed by atoms with Crippen LogP contribution in [0.25, 0.3) is 0 Å². The molecule has 0 heterocycles. The Morgan fingerprint density at radius 3 is 2.40 bits per heavy atom. The van der Waals surface area contributed by atoms with E-state index >= 15 is 0 Å². The van der Waals surface area contributed by atoms with Crippen LogP contribution < -0.4 is 0 Å². The van der Waals surface area contributed by atoms with Crippen LogP contribution >= 0.6 is 0 Å². The molecule has 3 rings (SSSR count). The van der Waals surface area contributed by atoms with Crippen molar-refractivity contribution >= 4 is 0 Å². The van der Waals surface area contributed by atoms with E-state index in [0.29, 0.717) is 11.8 Å². The number of allylic oxidation sites excluding steroid dienone is 1. The lowest BCUT2D eigenvalue weighted by Gasteiger charge is -2.42. The third-order valence-corrected chi connectivity index (χ3v) is 2.94. The molecule has 0 unspecified atom stereocenters. The number of hydrogen-bond donors (Lipinski definition) is 1. The lowest BCUT2D eigenvalue weighted by molar-refractivity contribution is -0.0326. The summed E-state index contributed by atoms with van der Waals surface area (Å²) in [6, 6.07) is 0. The molecular weight excluding hydrogens is 124 g/mol. The summed E-state index contributed by atoms with van der Waals surface area (Å²) in [4.78, 5) is 0. The average Bonchev–Trinajstić information content (AvgIpc) is 1.87. The summed E-state index contributed by atoms with van der Waals surface area (Å²) in [6.07, 6.45) is 7.92. The summed E-state index contributed by atoms with van der Waals surface area (Å²) in [6.45, 7) is 1.97. The number of hydrogen-bond acceptors (Lipinski definition) is 1. The maximum Gasteiger partial charge on any atom is 0.0687 e. The predicted molar refractivity (Wildman–Crippen MR) is 40.6 cm³/mol. The van der Waals surface area contributed by atoms with Gasteiger partial charge in [0.05, 0.1) is 5.60 Å². The van der Waals surface area contributed by atoms with E-state index in [1.807, 2.05) is 6.92 Å². The summed E-state index contributed by atoms with van der Waals surface area (Å²) in [5, 5.41) is 9.81. The van der Waals surface area contributed by atoms with Crippen LogP contribution in [-0.4, -0.2) is 10.7 Å². The molecule has 1 N–H and O–H groups in total. The van der Waals surface area contributed by atoms with Gasteiger partial charge in [-0.2, -0.15) is 0 Å². The van der Waals surface area contributed by atoms with E-state index in [1.165, 1.54) is 12.8 Å². The SMILES string of the molecule is C[C@]1(O)C[C@H]2C=C[C@H]1CC2. The van der Waals surface area contributed by atoms with Gasteiger partial charge in [0.15, 0.2) is 0 Å². The predicted octanol–water partition coefficient (Wildman–Crippen LogP) is 1.72. The van der Waals surface area contributed by atoms with Gasteiger partial charge in [-0.15, -0.1) is 0 Å². The molecule has 1 heteroatoms. The summed E-state index contributed by atoms with van der Waals surface area (Å²) in [5.41, 5.74) is -0.391. The molecule has 1 saturated carbocycles. The van der Waals surface area contributed by atoms with E-state index in [-0.39, 0.29) is 0 Å². The monoisotopic (exact) mass is 138 g/mol. The van der Waals surface area contributed by atoms with E-state index in [0.717, 1.165) is 6.42 Å². The Bertz CT molecular complexity index is 170. The van der Waals surface area contributed by atoms with Gasteiger partial charge < -0.3 is 5.11 Å². The highest BCUT2D eigenvalue weighted by molar-refractivity contribution is 5.11. The van der Waals surface area contributed by atoms with Crippen LogP contribution in [0.1, 0.15) is 26.2 Å². The molecule has 3 aliphatic carbocycles. The molecule has 2 bridgehead atoms. The van der Waals surface area contributed by atoms with Crippen molar-refractivity contribution in [1.82, 2.24) is 0 Å². The Kier molecular flexibility index (Phi) is 1.19. The molecule has 56 valence electrons. The minimum absolute atomic E-state index is 0.391. The summed E-state index contributed by atoms with van der Waals surface area (Å²) < 4.78 is 0. The fourth-order valence-corrected chi connectivity index (χ4v) is 2.25. The highest BCUT2D eigenvalue weighted by Gasteiger charge is 2.39. The standard InChI is InChI=1S/C9H14O/c1-9(10)6-7-2-4-8(9)5-3-7/h2,4,7-8,10H,3,5-6H2,1H3/t7-,8-,9-/m0/s1. The molecule has 1 fully saturated rings. The van der Waals surface area contributed by atoms with Crippen LogP contribution in [0, 0.1) is 11.8 Å². The van der Waals surface area contributed by atoms with E-state index < -0.39 is 5.60 Å². The molecule has 0 spiro atoms. The molecule has 0 radical (unpaired) electrons. The molecule has 0 aromatic carbocycles. The zero-order valence-corrected chi connectivity index (χ0v) is 6.38. The van der Waals surface area contributed by atoms with E-state index in [4.69, 9.17) is 0 Å². The normalized spacial score (nSPS) is 51.8. The quantitative estimate of drug-likeness (QED) is 0.505. The van der Waals surface area contributed by atoms with Gasteiger partial charge in [-0.25, -0.2) is 0 Å². The topological polar surface area (TPSA) is 20.2 Å². The average molecular weight is 138 g/mol. The number of rotatable bonds is 0. The minimum atomic E-state index is -0.391. The third kappa shape index (κ3) is 0.807. The first-order chi connectivity index (χ1) is 4.68. The first kappa shape index (κ1) is 6.41. The van der Waals surface area contributed by atoms with E-state index in [2.05, 4.69) is 12.2 Å². The van der Waals surface area contributed by atoms with Gasteiger partial charge in [0.1, 0.15) is 0 Å². The molecule has 1 nitrogen and oxygen atoms in total. The largest absolute Gasteiger partial charge is 0.390 e. The molecule has 0 aliphatic heterocycles. The first-order valence-electron chi connectivity index (χ1n) is 4.09. The molecule has 0 aromatic rings. The second-order valence-corrected chi connectivity index (χ2v) is 3.89. The molecule has 10 heavy (non-hydrogen) atoms. The highest BCUT2D eigenvalue weighted by Crippen LogP contribution is 2.42. The Morgan fingerprint density at radius 1 is 1.40 bits per heavy atom. The lowest BCUT2D eigenvalue weighted by atomic mass is 9.67. The van der Waals surface area contributed by atoms with Crippen molar-refractivity contribution in [2.45, 2.75) is 31.8 Å². The zero-order chi connectivity index (χ0) is 7.19. The number of aliphatic hydroxyl groups is 1. The Balaban J connectivity index is 2.27. The van der Waals surface area contributed by atoms with Gasteiger partial charge in [0, 0.05) is 5.92 Å². The highest BCUT2D eigenvalue weighted by atomic mass is 16.3. The fourth-order valence-electron chi connectivity index (χ4n) is 2.25. The van der Waals surface area contributed by atoms with E-state index in [1.54, 1.807) is 0 Å². The van der Waals surface area contributed by atoms with Crippen molar-refractivity contribution < 1.29 is 5.11 Å². The molecule has 0 saturated heterocycles. The van der Waals surface area contributed by atoms with Crippen molar-refractivity contribution in [3.05, 3.63) is 12.2 Å². The van der Waals surface area contributed by atoms with Crippen molar-refractivity contribution in [2.24, 2.45) is 11.8 Å². The van der Waals surface area contributed by atoms with Gasteiger partial charge >= 0.3 is 0 Å². The molecule has 0 aromatic heterocycles. The van der Waals surface area contributed by atoms with Gasteiger partial charge in [0.2, 0.25) is 0 Å². The maximum atomic E-state index is 9.81. The Labute approximate surface area is 61.8 Å². The third-order valence-electron chi connectivity index (χ3n) is 2.94. The summed E-state index contributed by atoms with van der Waals surface area (Å²) in [5.74, 6) is 1.11. The van der Waals surface area contributed by atoms with Crippen molar-refractivity contribution in [1.29, 1.82) is 0 Å². The summed E-state index contributed by atoms with van der Waals surface area (Å²) >= 11 is 0. The Hall–Kier alpha value is -0.300. The zero-order valence-electron chi connectivity index (χ0n) is 6.38. The first-order valence-corrected chi connectivity index (χ1v) is 4.09. The lowest BCUT2D eigenvalue weighted by Crippen LogP contribution is -2.42. The van der Waals surface area contributed by atoms with Crippen LogP contribution in [0.15, 0.2) is 12.2 Å². The van der Waals surface area contributed by atoms with Crippen LogP contribution in [-0.2, 0) is 0 Å². The molecule has 3 atom stereocenters. The molecular formula is C9H14O. The van der Waals surface area contributed by atoms with Crippen LogP contribution in [0.3, 0.4) is 0 Å². The van der Waals surface area contributed by atoms with Crippen molar-refractivity contribution in [3.63, 3.8) is 0 Å². The van der Waals surface area contributed by atoms with Crippen molar-refractivity contribution in [2.75, 3.05) is 0 Å². The molecule has 0 amide bonds. The number of fused-ring (bicyclic) bond motifs is 2. The van der Waals surface area contributed by atoms with Crippen LogP contribution in [0.5, 0.6) is 0 Å². The van der Waals surface area contributed by atoms with Gasteiger partial charge in [-0.1, -0.05) is 12.2 Å². The van der Waals surface area contributed by atoms with E-state index in [9.17, 15) is 5.11 Å². The van der Waals surface area contributed by atoms with Gasteiger partial charge in [-0.05, 0) is 32.1 Å². The second-order valence-electron chi connectivity index (χ2n) is 3.89.